The molecule has 0 aliphatic carbocycles. The summed E-state index contributed by atoms with van der Waals surface area (Å²) in [6.45, 7) is 2.07. The minimum Gasteiger partial charge on any atom is -0.378 e. The maximum absolute atomic E-state index is 13.3. The van der Waals surface area contributed by atoms with Crippen molar-refractivity contribution < 1.29 is 9.59 Å². The van der Waals surface area contributed by atoms with Gasteiger partial charge in [-0.15, -0.1) is 0 Å². The lowest BCUT2D eigenvalue weighted by molar-refractivity contribution is -0.122. The number of anilines is 2. The number of aryl methyl sites for hydroxylation is 1. The van der Waals surface area contributed by atoms with Crippen molar-refractivity contribution in [1.82, 2.24) is 9.88 Å². The summed E-state index contributed by atoms with van der Waals surface area (Å²) in [4.78, 5) is 29.3. The average molecular weight is 445 g/mol. The van der Waals surface area contributed by atoms with Crippen LogP contribution in [0.5, 0.6) is 0 Å². The summed E-state index contributed by atoms with van der Waals surface area (Å²) in [5.74, 6) is -0.948. The molecule has 2 heterocycles. The molecular formula is C25H24N4O2S. The van der Waals surface area contributed by atoms with Crippen LogP contribution in [0, 0.1) is 0 Å². The van der Waals surface area contributed by atoms with Gasteiger partial charge in [-0.25, -0.2) is 0 Å². The van der Waals surface area contributed by atoms with Gasteiger partial charge in [0.25, 0.3) is 11.8 Å². The Hall–Kier alpha value is -3.71. The third-order valence-corrected chi connectivity index (χ3v) is 5.71. The lowest BCUT2D eigenvalue weighted by Gasteiger charge is -2.29. The van der Waals surface area contributed by atoms with E-state index in [1.54, 1.807) is 6.08 Å². The Bertz CT molecular complexity index is 1210. The molecule has 4 rings (SSSR count). The van der Waals surface area contributed by atoms with E-state index in [9.17, 15) is 9.59 Å². The van der Waals surface area contributed by atoms with E-state index in [1.807, 2.05) is 90.4 Å². The summed E-state index contributed by atoms with van der Waals surface area (Å²) < 4.78 is 1.93. The van der Waals surface area contributed by atoms with E-state index in [1.165, 1.54) is 4.90 Å². The van der Waals surface area contributed by atoms with Crippen LogP contribution < -0.4 is 15.1 Å². The van der Waals surface area contributed by atoms with Crippen molar-refractivity contribution in [3.63, 3.8) is 0 Å². The number of amides is 2. The van der Waals surface area contributed by atoms with E-state index in [0.29, 0.717) is 5.69 Å². The molecule has 7 heteroatoms. The number of hydrogen-bond donors (Lipinski definition) is 1. The molecule has 6 nitrogen and oxygen atoms in total. The van der Waals surface area contributed by atoms with E-state index in [-0.39, 0.29) is 10.7 Å². The molecule has 3 aromatic rings. The van der Waals surface area contributed by atoms with Gasteiger partial charge in [0.2, 0.25) is 0 Å². The van der Waals surface area contributed by atoms with Gasteiger partial charge in [0.15, 0.2) is 5.11 Å². The fourth-order valence-electron chi connectivity index (χ4n) is 3.58. The number of nitrogens with one attached hydrogen (secondary N) is 1. The molecular weight excluding hydrogens is 420 g/mol. The topological polar surface area (TPSA) is 57.6 Å². The van der Waals surface area contributed by atoms with E-state index >= 15 is 0 Å². The number of aromatic nitrogens is 1. The zero-order valence-electron chi connectivity index (χ0n) is 18.2. The van der Waals surface area contributed by atoms with Crippen LogP contribution in [0.15, 0.2) is 72.4 Å². The van der Waals surface area contributed by atoms with Crippen molar-refractivity contribution in [3.05, 3.63) is 83.7 Å². The first-order valence-corrected chi connectivity index (χ1v) is 10.8. The molecule has 1 saturated heterocycles. The molecule has 0 unspecified atom stereocenters. The number of thiocarbonyl (C=S) groups is 1. The summed E-state index contributed by atoms with van der Waals surface area (Å²) in [5, 5.41) is 2.72. The lowest BCUT2D eigenvalue weighted by Crippen LogP contribution is -2.54. The van der Waals surface area contributed by atoms with Gasteiger partial charge < -0.3 is 9.47 Å². The molecule has 0 bridgehead atoms. The minimum atomic E-state index is -0.503. The van der Waals surface area contributed by atoms with Gasteiger partial charge >= 0.3 is 0 Å². The molecule has 1 aliphatic heterocycles. The van der Waals surface area contributed by atoms with E-state index in [0.717, 1.165) is 29.1 Å². The number of benzene rings is 2. The smallest absolute Gasteiger partial charge is 0.270 e. The Morgan fingerprint density at radius 1 is 0.969 bits per heavy atom. The molecule has 2 amide bonds. The first-order chi connectivity index (χ1) is 15.4. The SMILES string of the molecule is CCc1ccc(N2C(=O)/C(=C/c3cccn3-c3ccc(N(C)C)cc3)C(=O)NC2=S)cc1. The Balaban J connectivity index is 1.69. The predicted molar refractivity (Wildman–Crippen MR) is 132 cm³/mol. The Morgan fingerprint density at radius 3 is 2.25 bits per heavy atom. The summed E-state index contributed by atoms with van der Waals surface area (Å²) >= 11 is 5.30. The zero-order valence-corrected chi connectivity index (χ0v) is 19.0. The highest BCUT2D eigenvalue weighted by atomic mass is 32.1. The van der Waals surface area contributed by atoms with E-state index in [2.05, 4.69) is 12.2 Å². The summed E-state index contributed by atoms with van der Waals surface area (Å²) in [6.07, 6.45) is 4.40. The number of hydrogen-bond acceptors (Lipinski definition) is 4. The summed E-state index contributed by atoms with van der Waals surface area (Å²) in [6, 6.07) is 19.4. The maximum Gasteiger partial charge on any atom is 0.270 e. The van der Waals surface area contributed by atoms with E-state index < -0.39 is 11.8 Å². The molecule has 1 aromatic heterocycles. The third kappa shape index (κ3) is 4.07. The Labute approximate surface area is 192 Å². The second-order valence-corrected chi connectivity index (χ2v) is 8.08. The molecule has 1 N–H and O–H groups in total. The van der Waals surface area contributed by atoms with Crippen LogP contribution >= 0.6 is 12.2 Å². The van der Waals surface area contributed by atoms with Crippen LogP contribution in [-0.2, 0) is 16.0 Å². The highest BCUT2D eigenvalue weighted by Gasteiger charge is 2.34. The number of carbonyl (C=O) groups excluding carboxylic acids is 2. The molecule has 32 heavy (non-hydrogen) atoms. The van der Waals surface area contributed by atoms with Crippen LogP contribution in [-0.4, -0.2) is 35.6 Å². The van der Waals surface area contributed by atoms with Crippen molar-refractivity contribution in [2.45, 2.75) is 13.3 Å². The van der Waals surface area contributed by atoms with Gasteiger partial charge in [-0.3, -0.25) is 19.8 Å². The molecule has 0 saturated carbocycles. The minimum absolute atomic E-state index is 0.0306. The second kappa shape index (κ2) is 8.80. The third-order valence-electron chi connectivity index (χ3n) is 5.42. The normalized spacial score (nSPS) is 15.3. The van der Waals surface area contributed by atoms with Crippen molar-refractivity contribution in [1.29, 1.82) is 0 Å². The quantitative estimate of drug-likeness (QED) is 0.368. The van der Waals surface area contributed by atoms with Crippen LogP contribution in [0.3, 0.4) is 0 Å². The van der Waals surface area contributed by atoms with Gasteiger partial charge in [-0.05, 0) is 78.8 Å². The standard InChI is InChI=1S/C25H24N4O2S/c1-4-17-7-9-20(10-8-17)29-24(31)22(23(30)26-25(29)32)16-21-6-5-15-28(21)19-13-11-18(12-14-19)27(2)3/h5-16H,4H2,1-3H3,(H,26,30,32)/b22-16+. The molecule has 0 spiro atoms. The molecule has 1 aliphatic rings. The van der Waals surface area contributed by atoms with Crippen molar-refractivity contribution in [2.24, 2.45) is 0 Å². The van der Waals surface area contributed by atoms with Crippen molar-refractivity contribution >= 4 is 46.6 Å². The molecule has 1 fully saturated rings. The molecule has 162 valence electrons. The number of rotatable bonds is 5. The van der Waals surface area contributed by atoms with Crippen LogP contribution in [0.1, 0.15) is 18.2 Å². The highest BCUT2D eigenvalue weighted by molar-refractivity contribution is 7.80. The van der Waals surface area contributed by atoms with Gasteiger partial charge in [0.05, 0.1) is 5.69 Å². The largest absolute Gasteiger partial charge is 0.378 e. The monoisotopic (exact) mass is 444 g/mol. The van der Waals surface area contributed by atoms with Crippen LogP contribution in [0.25, 0.3) is 11.8 Å². The first-order valence-electron chi connectivity index (χ1n) is 10.3. The molecule has 0 radical (unpaired) electrons. The van der Waals surface area contributed by atoms with E-state index in [4.69, 9.17) is 12.2 Å². The lowest BCUT2D eigenvalue weighted by atomic mass is 10.1. The second-order valence-electron chi connectivity index (χ2n) is 7.69. The van der Waals surface area contributed by atoms with Gasteiger partial charge in [0, 0.05) is 37.4 Å². The van der Waals surface area contributed by atoms with Crippen LogP contribution in [0.2, 0.25) is 0 Å². The van der Waals surface area contributed by atoms with Crippen LogP contribution in [0.4, 0.5) is 11.4 Å². The first kappa shape index (κ1) is 21.5. The van der Waals surface area contributed by atoms with Crippen molar-refractivity contribution in [2.75, 3.05) is 23.9 Å². The Morgan fingerprint density at radius 2 is 1.62 bits per heavy atom. The van der Waals surface area contributed by atoms with Gasteiger partial charge in [-0.1, -0.05) is 19.1 Å². The number of carbonyl (C=O) groups is 2. The summed E-state index contributed by atoms with van der Waals surface area (Å²) in [5.41, 5.74) is 4.54. The maximum atomic E-state index is 13.3. The molecule has 2 aromatic carbocycles. The molecule has 0 atom stereocenters. The predicted octanol–water partition coefficient (Wildman–Crippen LogP) is 3.94. The fourth-order valence-corrected chi connectivity index (χ4v) is 3.86. The fraction of sp³-hybridized carbons (Fsp3) is 0.160. The average Bonchev–Trinajstić information content (AvgIpc) is 3.25. The van der Waals surface area contributed by atoms with Gasteiger partial charge in [0.1, 0.15) is 5.57 Å². The number of nitrogens with zero attached hydrogens (tertiary/aromatic N) is 3. The highest BCUT2D eigenvalue weighted by Crippen LogP contribution is 2.24. The summed E-state index contributed by atoms with van der Waals surface area (Å²) in [7, 11) is 3.97. The van der Waals surface area contributed by atoms with Gasteiger partial charge in [-0.2, -0.15) is 0 Å². The van der Waals surface area contributed by atoms with Crippen molar-refractivity contribution in [3.8, 4) is 5.69 Å². The Kier molecular flexibility index (Phi) is 5.92. The zero-order chi connectivity index (χ0) is 22.8.